The average Bonchev–Trinajstić information content (AvgIpc) is 2.27. The molecule has 1 unspecified atom stereocenters. The van der Waals surface area contributed by atoms with E-state index in [1.165, 1.54) is 13.8 Å². The molecule has 0 aromatic heterocycles. The molecule has 0 saturated carbocycles. The summed E-state index contributed by atoms with van der Waals surface area (Å²) in [5.74, 6) is -0.285. The van der Waals surface area contributed by atoms with Gasteiger partial charge in [-0.1, -0.05) is 6.92 Å². The van der Waals surface area contributed by atoms with Crippen molar-refractivity contribution in [2.75, 3.05) is 25.9 Å². The predicted molar refractivity (Wildman–Crippen MR) is 72.2 cm³/mol. The summed E-state index contributed by atoms with van der Waals surface area (Å²) < 4.78 is 22.0. The first-order valence-electron chi connectivity index (χ1n) is 6.42. The summed E-state index contributed by atoms with van der Waals surface area (Å²) in [5.41, 5.74) is 0. The molecule has 0 bridgehead atoms. The van der Waals surface area contributed by atoms with Gasteiger partial charge in [-0.2, -0.15) is 0 Å². The van der Waals surface area contributed by atoms with Gasteiger partial charge in [0, 0.05) is 25.4 Å². The van der Waals surface area contributed by atoms with E-state index < -0.39 is 14.6 Å². The van der Waals surface area contributed by atoms with E-state index in [2.05, 4.69) is 5.32 Å². The lowest BCUT2D eigenvalue weighted by Crippen LogP contribution is -2.55. The molecule has 1 fully saturated rings. The molecule has 1 saturated heterocycles. The minimum absolute atomic E-state index is 0.281. The Morgan fingerprint density at radius 1 is 1.44 bits per heavy atom. The standard InChI is InChI=1S/C12H24N2O3S/c1-5-13-10-7-6-8-14(9-10)11(15)12(2,3)18(4,16)17/h10,13H,5-9H2,1-4H3. The van der Waals surface area contributed by atoms with Crippen molar-refractivity contribution in [3.8, 4) is 0 Å². The lowest BCUT2D eigenvalue weighted by atomic mass is 10.0. The maximum Gasteiger partial charge on any atom is 0.243 e. The van der Waals surface area contributed by atoms with Gasteiger partial charge < -0.3 is 10.2 Å². The lowest BCUT2D eigenvalue weighted by molar-refractivity contribution is -0.134. The molecule has 1 amide bonds. The van der Waals surface area contributed by atoms with Gasteiger partial charge in [-0.05, 0) is 33.2 Å². The fraction of sp³-hybridized carbons (Fsp3) is 0.917. The normalized spacial score (nSPS) is 22.0. The Labute approximate surface area is 110 Å². The molecule has 1 atom stereocenters. The van der Waals surface area contributed by atoms with E-state index in [4.69, 9.17) is 0 Å². The Morgan fingerprint density at radius 3 is 2.56 bits per heavy atom. The molecule has 0 aromatic rings. The highest BCUT2D eigenvalue weighted by Gasteiger charge is 2.42. The third-order valence-corrected chi connectivity index (χ3v) is 5.67. The van der Waals surface area contributed by atoms with Crippen molar-refractivity contribution >= 4 is 15.7 Å². The molecule has 0 aromatic carbocycles. The number of amides is 1. The highest BCUT2D eigenvalue weighted by molar-refractivity contribution is 7.92. The molecule has 1 aliphatic heterocycles. The fourth-order valence-electron chi connectivity index (χ4n) is 2.16. The Balaban J connectivity index is 2.78. The average molecular weight is 276 g/mol. The summed E-state index contributed by atoms with van der Waals surface area (Å²) in [5, 5.41) is 3.32. The number of piperidine rings is 1. The minimum atomic E-state index is -3.39. The van der Waals surface area contributed by atoms with Crippen molar-refractivity contribution < 1.29 is 13.2 Å². The van der Waals surface area contributed by atoms with Crippen LogP contribution in [0.5, 0.6) is 0 Å². The molecule has 0 spiro atoms. The number of hydrogen-bond acceptors (Lipinski definition) is 4. The first-order chi connectivity index (χ1) is 8.20. The van der Waals surface area contributed by atoms with Gasteiger partial charge >= 0.3 is 0 Å². The van der Waals surface area contributed by atoms with Gasteiger partial charge in [0.1, 0.15) is 4.75 Å². The molecule has 0 aliphatic carbocycles. The second kappa shape index (κ2) is 5.57. The summed E-state index contributed by atoms with van der Waals surface area (Å²) >= 11 is 0. The van der Waals surface area contributed by atoms with Crippen molar-refractivity contribution in [1.82, 2.24) is 10.2 Å². The predicted octanol–water partition coefficient (Wildman–Crippen LogP) is 0.410. The number of likely N-dealkylation sites (tertiary alicyclic amines) is 1. The van der Waals surface area contributed by atoms with Crippen LogP contribution in [0.2, 0.25) is 0 Å². The van der Waals surface area contributed by atoms with Gasteiger partial charge in [0.05, 0.1) is 0 Å². The van der Waals surface area contributed by atoms with Crippen LogP contribution in [0, 0.1) is 0 Å². The smallest absolute Gasteiger partial charge is 0.243 e. The zero-order chi connectivity index (χ0) is 14.0. The van der Waals surface area contributed by atoms with E-state index in [1.54, 1.807) is 4.90 Å². The van der Waals surface area contributed by atoms with Crippen LogP contribution in [0.1, 0.15) is 33.6 Å². The Kier molecular flexibility index (Phi) is 4.78. The quantitative estimate of drug-likeness (QED) is 0.807. The van der Waals surface area contributed by atoms with Crippen LogP contribution in [0.3, 0.4) is 0 Å². The third-order valence-electron chi connectivity index (χ3n) is 3.64. The first-order valence-corrected chi connectivity index (χ1v) is 8.31. The maximum atomic E-state index is 12.3. The van der Waals surface area contributed by atoms with E-state index in [1.807, 2.05) is 6.92 Å². The first kappa shape index (κ1) is 15.4. The monoisotopic (exact) mass is 276 g/mol. The number of carbonyl (C=O) groups excluding carboxylic acids is 1. The molecule has 1 N–H and O–H groups in total. The highest BCUT2D eigenvalue weighted by atomic mass is 32.2. The number of likely N-dealkylation sites (N-methyl/N-ethyl adjacent to an activating group) is 1. The molecule has 1 rings (SSSR count). The van der Waals surface area contributed by atoms with E-state index in [-0.39, 0.29) is 11.9 Å². The second-order valence-electron chi connectivity index (χ2n) is 5.43. The van der Waals surface area contributed by atoms with E-state index in [0.717, 1.165) is 25.6 Å². The number of nitrogens with one attached hydrogen (secondary N) is 1. The zero-order valence-electron chi connectivity index (χ0n) is 11.7. The van der Waals surface area contributed by atoms with E-state index in [0.29, 0.717) is 13.1 Å². The summed E-state index contributed by atoms with van der Waals surface area (Å²) in [6.45, 7) is 7.12. The van der Waals surface area contributed by atoms with Crippen molar-refractivity contribution in [2.24, 2.45) is 0 Å². The van der Waals surface area contributed by atoms with Gasteiger partial charge in [-0.3, -0.25) is 4.79 Å². The summed E-state index contributed by atoms with van der Waals surface area (Å²) in [4.78, 5) is 14.0. The number of hydrogen-bond donors (Lipinski definition) is 1. The Bertz CT molecular complexity index is 402. The van der Waals surface area contributed by atoms with Crippen LogP contribution in [0.4, 0.5) is 0 Å². The van der Waals surface area contributed by atoms with Gasteiger partial charge in [0.2, 0.25) is 5.91 Å². The highest BCUT2D eigenvalue weighted by Crippen LogP contribution is 2.21. The molecule has 1 aliphatic rings. The van der Waals surface area contributed by atoms with Crippen molar-refractivity contribution in [1.29, 1.82) is 0 Å². The van der Waals surface area contributed by atoms with Crippen LogP contribution >= 0.6 is 0 Å². The van der Waals surface area contributed by atoms with E-state index in [9.17, 15) is 13.2 Å². The van der Waals surface area contributed by atoms with Crippen molar-refractivity contribution in [2.45, 2.75) is 44.4 Å². The molecule has 6 heteroatoms. The van der Waals surface area contributed by atoms with Gasteiger partial charge in [0.15, 0.2) is 9.84 Å². The summed E-state index contributed by atoms with van der Waals surface area (Å²) in [6, 6.07) is 0.281. The molecule has 0 radical (unpaired) electrons. The van der Waals surface area contributed by atoms with Gasteiger partial charge in [-0.15, -0.1) is 0 Å². The molecular weight excluding hydrogens is 252 g/mol. The molecule has 106 valence electrons. The number of nitrogens with zero attached hydrogens (tertiary/aromatic N) is 1. The van der Waals surface area contributed by atoms with Crippen molar-refractivity contribution in [3.63, 3.8) is 0 Å². The van der Waals surface area contributed by atoms with E-state index >= 15 is 0 Å². The topological polar surface area (TPSA) is 66.5 Å². The zero-order valence-corrected chi connectivity index (χ0v) is 12.5. The Morgan fingerprint density at radius 2 is 2.06 bits per heavy atom. The number of carbonyl (C=O) groups is 1. The minimum Gasteiger partial charge on any atom is -0.340 e. The Hall–Kier alpha value is -0.620. The van der Waals surface area contributed by atoms with Crippen LogP contribution in [0.15, 0.2) is 0 Å². The van der Waals surface area contributed by atoms with Crippen molar-refractivity contribution in [3.05, 3.63) is 0 Å². The largest absolute Gasteiger partial charge is 0.340 e. The number of rotatable bonds is 4. The maximum absolute atomic E-state index is 12.3. The van der Waals surface area contributed by atoms with Gasteiger partial charge in [-0.25, -0.2) is 8.42 Å². The van der Waals surface area contributed by atoms with Crippen LogP contribution < -0.4 is 5.32 Å². The van der Waals surface area contributed by atoms with Crippen LogP contribution in [-0.4, -0.2) is 55.9 Å². The van der Waals surface area contributed by atoms with Gasteiger partial charge in [0.25, 0.3) is 0 Å². The summed E-state index contributed by atoms with van der Waals surface area (Å²) in [7, 11) is -3.39. The van der Waals surface area contributed by atoms with Crippen LogP contribution in [-0.2, 0) is 14.6 Å². The lowest BCUT2D eigenvalue weighted by Gasteiger charge is -2.37. The molecule has 1 heterocycles. The SMILES string of the molecule is CCNC1CCCN(C(=O)C(C)(C)S(C)(=O)=O)C1. The fourth-order valence-corrected chi connectivity index (χ4v) is 2.60. The molecule has 18 heavy (non-hydrogen) atoms. The third kappa shape index (κ3) is 3.23. The molecule has 5 nitrogen and oxygen atoms in total. The van der Waals surface area contributed by atoms with Crippen LogP contribution in [0.25, 0.3) is 0 Å². The number of sulfone groups is 1. The second-order valence-corrected chi connectivity index (χ2v) is 8.00. The summed E-state index contributed by atoms with van der Waals surface area (Å²) in [6.07, 6.45) is 3.08. The molecular formula is C12H24N2O3S.